The zero-order chi connectivity index (χ0) is 15.0. The van der Waals surface area contributed by atoms with Gasteiger partial charge >= 0.3 is 0 Å². The smallest absolute Gasteiger partial charge is 0.260 e. The van der Waals surface area contributed by atoms with Gasteiger partial charge in [-0.05, 0) is 24.8 Å². The molecule has 1 saturated carbocycles. The Balaban J connectivity index is 1.90. The Kier molecular flexibility index (Phi) is 3.61. The van der Waals surface area contributed by atoms with E-state index >= 15 is 0 Å². The Morgan fingerprint density at radius 2 is 2.05 bits per heavy atom. The van der Waals surface area contributed by atoms with Crippen molar-refractivity contribution in [3.63, 3.8) is 0 Å². The second-order valence-corrected chi connectivity index (χ2v) is 5.78. The molecule has 6 heteroatoms. The van der Waals surface area contributed by atoms with Crippen molar-refractivity contribution in [1.82, 2.24) is 10.1 Å². The van der Waals surface area contributed by atoms with Gasteiger partial charge in [-0.15, -0.1) is 0 Å². The van der Waals surface area contributed by atoms with Crippen molar-refractivity contribution in [2.75, 3.05) is 5.73 Å². The largest absolute Gasteiger partial charge is 0.396 e. The van der Waals surface area contributed by atoms with Crippen LogP contribution in [-0.2, 0) is 0 Å². The lowest BCUT2D eigenvalue weighted by molar-refractivity contribution is 0.324. The Morgan fingerprint density at radius 1 is 1.24 bits per heavy atom. The first-order valence-electron chi connectivity index (χ1n) is 7.13. The van der Waals surface area contributed by atoms with Crippen LogP contribution in [0.25, 0.3) is 11.5 Å². The van der Waals surface area contributed by atoms with Gasteiger partial charge in [0, 0.05) is 12.0 Å². The maximum atomic E-state index is 13.8. The third-order valence-electron chi connectivity index (χ3n) is 4.06. The molecule has 4 nitrogen and oxygen atoms in total. The third-order valence-corrected chi connectivity index (χ3v) is 4.06. The number of nitrogens with two attached hydrogens (primary N) is 1. The van der Waals surface area contributed by atoms with Crippen molar-refractivity contribution >= 4 is 5.69 Å². The summed E-state index contributed by atoms with van der Waals surface area (Å²) in [7, 11) is 0. The molecule has 112 valence electrons. The van der Waals surface area contributed by atoms with Gasteiger partial charge in [-0.25, -0.2) is 8.78 Å². The van der Waals surface area contributed by atoms with Crippen LogP contribution < -0.4 is 5.73 Å². The van der Waals surface area contributed by atoms with Gasteiger partial charge in [0.1, 0.15) is 11.6 Å². The molecule has 0 spiro atoms. The van der Waals surface area contributed by atoms with E-state index < -0.39 is 11.6 Å². The molecule has 21 heavy (non-hydrogen) atoms. The summed E-state index contributed by atoms with van der Waals surface area (Å²) in [4.78, 5) is 4.27. The maximum Gasteiger partial charge on any atom is 0.260 e. The molecule has 3 rings (SSSR count). The lowest BCUT2D eigenvalue weighted by Gasteiger charge is -2.23. The first-order chi connectivity index (χ1) is 10.0. The molecule has 2 unspecified atom stereocenters. The van der Waals surface area contributed by atoms with E-state index in [1.54, 1.807) is 0 Å². The van der Waals surface area contributed by atoms with Gasteiger partial charge in [0.25, 0.3) is 5.89 Å². The van der Waals surface area contributed by atoms with Crippen molar-refractivity contribution in [2.45, 2.75) is 38.5 Å². The first-order valence-corrected chi connectivity index (χ1v) is 7.13. The normalized spacial score (nSPS) is 22.4. The van der Waals surface area contributed by atoms with Crippen LogP contribution in [0.1, 0.15) is 44.3 Å². The summed E-state index contributed by atoms with van der Waals surface area (Å²) in [6.45, 7) is 2.20. The van der Waals surface area contributed by atoms with E-state index in [1.807, 2.05) is 0 Å². The van der Waals surface area contributed by atoms with E-state index in [0.717, 1.165) is 25.3 Å². The zero-order valence-corrected chi connectivity index (χ0v) is 11.8. The summed E-state index contributed by atoms with van der Waals surface area (Å²) in [5.74, 6) is -0.0340. The molecule has 1 aliphatic carbocycles. The van der Waals surface area contributed by atoms with Crippen LogP contribution in [0.3, 0.4) is 0 Å². The van der Waals surface area contributed by atoms with Gasteiger partial charge in [-0.2, -0.15) is 4.98 Å². The Bertz CT molecular complexity index is 656. The van der Waals surface area contributed by atoms with Gasteiger partial charge in [-0.3, -0.25) is 0 Å². The minimum absolute atomic E-state index is 0.0384. The average molecular weight is 293 g/mol. The van der Waals surface area contributed by atoms with Crippen LogP contribution in [0, 0.1) is 17.6 Å². The zero-order valence-electron chi connectivity index (χ0n) is 11.8. The summed E-state index contributed by atoms with van der Waals surface area (Å²) >= 11 is 0. The van der Waals surface area contributed by atoms with Crippen molar-refractivity contribution in [2.24, 2.45) is 5.92 Å². The second kappa shape index (κ2) is 5.42. The number of hydrogen-bond acceptors (Lipinski definition) is 4. The highest BCUT2D eigenvalue weighted by Crippen LogP contribution is 2.35. The minimum atomic E-state index is -0.794. The number of nitrogens with zero attached hydrogens (tertiary/aromatic N) is 2. The fourth-order valence-electron chi connectivity index (χ4n) is 2.91. The lowest BCUT2D eigenvalue weighted by Crippen LogP contribution is -2.12. The monoisotopic (exact) mass is 293 g/mol. The molecule has 0 bridgehead atoms. The first kappa shape index (κ1) is 14.0. The van der Waals surface area contributed by atoms with Crippen molar-refractivity contribution < 1.29 is 13.3 Å². The van der Waals surface area contributed by atoms with Crippen molar-refractivity contribution in [1.29, 1.82) is 0 Å². The van der Waals surface area contributed by atoms with E-state index in [-0.39, 0.29) is 23.1 Å². The molecule has 1 aromatic carbocycles. The molecule has 0 amide bonds. The molecule has 0 aliphatic heterocycles. The van der Waals surface area contributed by atoms with Crippen molar-refractivity contribution in [3.8, 4) is 11.5 Å². The molecule has 1 heterocycles. The van der Waals surface area contributed by atoms with E-state index in [2.05, 4.69) is 17.1 Å². The fourth-order valence-corrected chi connectivity index (χ4v) is 2.91. The van der Waals surface area contributed by atoms with Crippen LogP contribution in [0.4, 0.5) is 14.5 Å². The van der Waals surface area contributed by atoms with E-state index in [4.69, 9.17) is 10.3 Å². The Hall–Kier alpha value is -1.98. The molecule has 1 fully saturated rings. The lowest BCUT2D eigenvalue weighted by atomic mass is 9.82. The third kappa shape index (κ3) is 2.75. The van der Waals surface area contributed by atoms with Crippen LogP contribution >= 0.6 is 0 Å². The molecule has 0 radical (unpaired) electrons. The number of hydrogen-bond donors (Lipinski definition) is 1. The van der Waals surface area contributed by atoms with Crippen LogP contribution in [0.15, 0.2) is 16.7 Å². The van der Waals surface area contributed by atoms with Gasteiger partial charge in [0.2, 0.25) is 0 Å². The number of aromatic nitrogens is 2. The van der Waals surface area contributed by atoms with E-state index in [9.17, 15) is 8.78 Å². The van der Waals surface area contributed by atoms with Gasteiger partial charge in [-0.1, -0.05) is 24.9 Å². The van der Waals surface area contributed by atoms with Crippen molar-refractivity contribution in [3.05, 3.63) is 29.6 Å². The number of anilines is 1. The van der Waals surface area contributed by atoms with Crippen LogP contribution in [0.2, 0.25) is 0 Å². The standard InChI is InChI=1S/C15H17F2N3O/c1-8-3-2-4-9(5-8)14-19-15(21-20-14)10-6-13(18)12(17)7-11(10)16/h6-9H,2-5,18H2,1H3. The highest BCUT2D eigenvalue weighted by atomic mass is 19.1. The van der Waals surface area contributed by atoms with Crippen LogP contribution in [-0.4, -0.2) is 10.1 Å². The summed E-state index contributed by atoms with van der Waals surface area (Å²) in [6, 6.07) is 1.92. The summed E-state index contributed by atoms with van der Waals surface area (Å²) in [5, 5.41) is 3.96. The number of halogens is 2. The summed E-state index contributed by atoms with van der Waals surface area (Å²) in [5.41, 5.74) is 5.36. The highest BCUT2D eigenvalue weighted by molar-refractivity contribution is 5.61. The minimum Gasteiger partial charge on any atom is -0.396 e. The van der Waals surface area contributed by atoms with E-state index in [1.165, 1.54) is 12.5 Å². The van der Waals surface area contributed by atoms with E-state index in [0.29, 0.717) is 11.7 Å². The quantitative estimate of drug-likeness (QED) is 0.853. The molecular formula is C15H17F2N3O. The van der Waals surface area contributed by atoms with Gasteiger partial charge in [0.15, 0.2) is 5.82 Å². The van der Waals surface area contributed by atoms with Gasteiger partial charge < -0.3 is 10.3 Å². The SMILES string of the molecule is CC1CCCC(c2noc(-c3cc(N)c(F)cc3F)n2)C1. The summed E-state index contributed by atoms with van der Waals surface area (Å²) < 4.78 is 32.1. The molecule has 0 saturated heterocycles. The highest BCUT2D eigenvalue weighted by Gasteiger charge is 2.25. The molecule has 1 aromatic heterocycles. The predicted molar refractivity (Wildman–Crippen MR) is 74.4 cm³/mol. The molecule has 2 atom stereocenters. The average Bonchev–Trinajstić information content (AvgIpc) is 2.92. The molecule has 2 aromatic rings. The van der Waals surface area contributed by atoms with Crippen LogP contribution in [0.5, 0.6) is 0 Å². The number of nitrogen functional groups attached to an aromatic ring is 1. The molecule has 1 aliphatic rings. The topological polar surface area (TPSA) is 64.9 Å². The second-order valence-electron chi connectivity index (χ2n) is 5.78. The van der Waals surface area contributed by atoms with Gasteiger partial charge in [0.05, 0.1) is 11.3 Å². The molecule has 2 N–H and O–H groups in total. The molecular weight excluding hydrogens is 276 g/mol. The predicted octanol–water partition coefficient (Wildman–Crippen LogP) is 3.89. The maximum absolute atomic E-state index is 13.8. The summed E-state index contributed by atoms with van der Waals surface area (Å²) in [6.07, 6.45) is 4.36. The Morgan fingerprint density at radius 3 is 2.81 bits per heavy atom. The fraction of sp³-hybridized carbons (Fsp3) is 0.467. The number of benzene rings is 1. The Labute approximate surface area is 121 Å². The number of rotatable bonds is 2.